The molecule has 0 radical (unpaired) electrons. The number of aromatic nitrogens is 2. The Morgan fingerprint density at radius 2 is 1.82 bits per heavy atom. The summed E-state index contributed by atoms with van der Waals surface area (Å²) in [6.07, 6.45) is -4.13. The van der Waals surface area contributed by atoms with Crippen molar-refractivity contribution in [2.75, 3.05) is 0 Å². The predicted octanol–water partition coefficient (Wildman–Crippen LogP) is 2.65. The van der Waals surface area contributed by atoms with Crippen LogP contribution in [0.5, 0.6) is 0 Å². The number of aryl methyl sites for hydroxylation is 1. The van der Waals surface area contributed by atoms with Crippen molar-refractivity contribution in [3.05, 3.63) is 17.0 Å². The van der Waals surface area contributed by atoms with Gasteiger partial charge >= 0.3 is 6.18 Å². The molecular weight excluding hydrogens is 231 g/mol. The minimum absolute atomic E-state index is 0.252. The highest BCUT2D eigenvalue weighted by Gasteiger charge is 2.45. The maximum Gasteiger partial charge on any atom is 0.412 e. The molecule has 0 aliphatic carbocycles. The van der Waals surface area contributed by atoms with E-state index in [1.807, 2.05) is 0 Å². The first-order valence-electron chi connectivity index (χ1n) is 5.54. The number of alkyl halides is 3. The Labute approximate surface area is 98.8 Å². The van der Waals surface area contributed by atoms with Gasteiger partial charge in [-0.25, -0.2) is 0 Å². The Kier molecular flexibility index (Phi) is 3.86. The van der Waals surface area contributed by atoms with Gasteiger partial charge < -0.3 is 5.73 Å². The maximum atomic E-state index is 13.0. The first-order valence-corrected chi connectivity index (χ1v) is 5.54. The lowest BCUT2D eigenvalue weighted by atomic mass is 10.1. The molecule has 2 N–H and O–H groups in total. The van der Waals surface area contributed by atoms with E-state index in [0.29, 0.717) is 11.4 Å². The summed E-state index contributed by atoms with van der Waals surface area (Å²) in [5.74, 6) is 0. The number of nitrogens with zero attached hydrogens (tertiary/aromatic N) is 2. The van der Waals surface area contributed by atoms with Gasteiger partial charge in [-0.15, -0.1) is 0 Å². The van der Waals surface area contributed by atoms with E-state index in [9.17, 15) is 13.2 Å². The zero-order valence-electron chi connectivity index (χ0n) is 10.5. The minimum Gasteiger partial charge on any atom is -0.326 e. The zero-order chi connectivity index (χ0) is 13.4. The number of hydrogen-bond acceptors (Lipinski definition) is 2. The Bertz CT molecular complexity index is 395. The van der Waals surface area contributed by atoms with Gasteiger partial charge in [0.25, 0.3) is 0 Å². The summed E-state index contributed by atoms with van der Waals surface area (Å²) >= 11 is 0. The molecule has 98 valence electrons. The van der Waals surface area contributed by atoms with E-state index in [4.69, 9.17) is 5.73 Å². The van der Waals surface area contributed by atoms with Crippen molar-refractivity contribution in [3.8, 4) is 0 Å². The molecule has 0 saturated heterocycles. The fourth-order valence-electron chi connectivity index (χ4n) is 1.80. The van der Waals surface area contributed by atoms with Crippen LogP contribution in [0.15, 0.2) is 0 Å². The van der Waals surface area contributed by atoms with E-state index in [2.05, 4.69) is 5.10 Å². The van der Waals surface area contributed by atoms with Crippen molar-refractivity contribution in [1.29, 1.82) is 0 Å². The van der Waals surface area contributed by atoms with Crippen LogP contribution in [0.2, 0.25) is 0 Å². The second kappa shape index (κ2) is 4.68. The number of halogens is 3. The zero-order valence-corrected chi connectivity index (χ0v) is 10.5. The highest BCUT2D eigenvalue weighted by Crippen LogP contribution is 2.34. The lowest BCUT2D eigenvalue weighted by Crippen LogP contribution is -2.42. The highest BCUT2D eigenvalue weighted by molar-refractivity contribution is 5.23. The largest absolute Gasteiger partial charge is 0.412 e. The van der Waals surface area contributed by atoms with Crippen LogP contribution in [-0.2, 0) is 0 Å². The fourth-order valence-corrected chi connectivity index (χ4v) is 1.80. The van der Waals surface area contributed by atoms with E-state index in [1.54, 1.807) is 27.7 Å². The van der Waals surface area contributed by atoms with Gasteiger partial charge in [0.1, 0.15) is 0 Å². The van der Waals surface area contributed by atoms with Crippen LogP contribution in [-0.4, -0.2) is 22.0 Å². The van der Waals surface area contributed by atoms with Crippen LogP contribution in [0, 0.1) is 20.8 Å². The topological polar surface area (TPSA) is 43.8 Å². The van der Waals surface area contributed by atoms with Crippen molar-refractivity contribution in [2.45, 2.75) is 52.4 Å². The molecule has 1 aromatic rings. The quantitative estimate of drug-likeness (QED) is 0.895. The van der Waals surface area contributed by atoms with Crippen LogP contribution < -0.4 is 5.73 Å². The summed E-state index contributed by atoms with van der Waals surface area (Å²) < 4.78 is 40.1. The molecule has 0 aliphatic heterocycles. The molecule has 0 aromatic carbocycles. The SMILES string of the molecule is CCC(N)C(n1nc(C)c(C)c1C)C(F)(F)F. The van der Waals surface area contributed by atoms with Crippen LogP contribution in [0.25, 0.3) is 0 Å². The second-order valence-corrected chi connectivity index (χ2v) is 4.30. The molecule has 0 amide bonds. The summed E-state index contributed by atoms with van der Waals surface area (Å²) in [6.45, 7) is 6.74. The first-order chi connectivity index (χ1) is 7.70. The van der Waals surface area contributed by atoms with Crippen LogP contribution >= 0.6 is 0 Å². The Morgan fingerprint density at radius 3 is 2.12 bits per heavy atom. The molecule has 2 atom stereocenters. The van der Waals surface area contributed by atoms with Gasteiger partial charge in [-0.05, 0) is 32.8 Å². The third-order valence-corrected chi connectivity index (χ3v) is 3.16. The monoisotopic (exact) mass is 249 g/mol. The third-order valence-electron chi connectivity index (χ3n) is 3.16. The second-order valence-electron chi connectivity index (χ2n) is 4.30. The molecular formula is C11H18F3N3. The molecule has 0 aliphatic rings. The van der Waals surface area contributed by atoms with Gasteiger partial charge in [0.05, 0.1) is 5.69 Å². The molecule has 1 heterocycles. The van der Waals surface area contributed by atoms with E-state index in [-0.39, 0.29) is 6.42 Å². The summed E-state index contributed by atoms with van der Waals surface area (Å²) in [5.41, 5.74) is 7.50. The van der Waals surface area contributed by atoms with E-state index < -0.39 is 18.3 Å². The molecule has 0 saturated carbocycles. The molecule has 1 rings (SSSR count). The standard InChI is InChI=1S/C11H18F3N3/c1-5-9(15)10(11(12,13)14)17-8(4)6(2)7(3)16-17/h9-10H,5,15H2,1-4H3. The lowest BCUT2D eigenvalue weighted by Gasteiger charge is -2.27. The molecule has 3 nitrogen and oxygen atoms in total. The van der Waals surface area contributed by atoms with Gasteiger partial charge in [0.15, 0.2) is 6.04 Å². The molecule has 6 heteroatoms. The Hall–Kier alpha value is -1.04. The van der Waals surface area contributed by atoms with Crippen LogP contribution in [0.1, 0.15) is 36.3 Å². The van der Waals surface area contributed by atoms with E-state index in [0.717, 1.165) is 10.2 Å². The summed E-state index contributed by atoms with van der Waals surface area (Å²) in [7, 11) is 0. The highest BCUT2D eigenvalue weighted by atomic mass is 19.4. The summed E-state index contributed by atoms with van der Waals surface area (Å²) in [6, 6.07) is -2.73. The van der Waals surface area contributed by atoms with Crippen molar-refractivity contribution in [2.24, 2.45) is 5.73 Å². The van der Waals surface area contributed by atoms with Gasteiger partial charge in [0, 0.05) is 11.7 Å². The molecule has 0 spiro atoms. The van der Waals surface area contributed by atoms with E-state index >= 15 is 0 Å². The van der Waals surface area contributed by atoms with Crippen LogP contribution in [0.3, 0.4) is 0 Å². The number of nitrogens with two attached hydrogens (primary N) is 1. The first kappa shape index (κ1) is 14.0. The normalized spacial score (nSPS) is 16.0. The van der Waals surface area contributed by atoms with Crippen LogP contribution in [0.4, 0.5) is 13.2 Å². The average Bonchev–Trinajstić information content (AvgIpc) is 2.44. The molecule has 2 unspecified atom stereocenters. The number of rotatable bonds is 3. The predicted molar refractivity (Wildman–Crippen MR) is 59.8 cm³/mol. The van der Waals surface area contributed by atoms with Gasteiger partial charge in [-0.3, -0.25) is 4.68 Å². The molecule has 0 bridgehead atoms. The maximum absolute atomic E-state index is 13.0. The molecule has 17 heavy (non-hydrogen) atoms. The van der Waals surface area contributed by atoms with Gasteiger partial charge in [0.2, 0.25) is 0 Å². The summed E-state index contributed by atoms with van der Waals surface area (Å²) in [4.78, 5) is 0. The van der Waals surface area contributed by atoms with E-state index in [1.165, 1.54) is 0 Å². The lowest BCUT2D eigenvalue weighted by molar-refractivity contribution is -0.176. The molecule has 0 fully saturated rings. The molecule has 1 aromatic heterocycles. The average molecular weight is 249 g/mol. The van der Waals surface area contributed by atoms with Crippen molar-refractivity contribution in [1.82, 2.24) is 9.78 Å². The Balaban J connectivity index is 3.28. The van der Waals surface area contributed by atoms with Crippen molar-refractivity contribution < 1.29 is 13.2 Å². The van der Waals surface area contributed by atoms with Gasteiger partial charge in [-0.2, -0.15) is 18.3 Å². The summed E-state index contributed by atoms with van der Waals surface area (Å²) in [5, 5.41) is 3.96. The van der Waals surface area contributed by atoms with Crippen molar-refractivity contribution >= 4 is 0 Å². The minimum atomic E-state index is -4.38. The third kappa shape index (κ3) is 2.62. The van der Waals surface area contributed by atoms with Crippen molar-refractivity contribution in [3.63, 3.8) is 0 Å². The van der Waals surface area contributed by atoms with Gasteiger partial charge in [-0.1, -0.05) is 6.92 Å². The Morgan fingerprint density at radius 1 is 1.29 bits per heavy atom. The number of hydrogen-bond donors (Lipinski definition) is 1. The smallest absolute Gasteiger partial charge is 0.326 e. The fraction of sp³-hybridized carbons (Fsp3) is 0.727.